The van der Waals surface area contributed by atoms with Crippen molar-refractivity contribution in [1.29, 1.82) is 0 Å². The Labute approximate surface area is 785 Å². The average molecular weight is 1840 g/mol. The summed E-state index contributed by atoms with van der Waals surface area (Å²) >= 11 is 0. The quantitative estimate of drug-likeness (QED) is 0.0148. The lowest BCUT2D eigenvalue weighted by Gasteiger charge is -2.16. The van der Waals surface area contributed by atoms with E-state index in [1.807, 2.05) is 109 Å². The van der Waals surface area contributed by atoms with Gasteiger partial charge in [-0.15, -0.1) is 0 Å². The van der Waals surface area contributed by atoms with Crippen LogP contribution in [0.3, 0.4) is 0 Å². The van der Waals surface area contributed by atoms with Crippen LogP contribution < -0.4 is 66.3 Å². The molecular weight excluding hydrogens is 1700 g/mol. The normalized spacial score (nSPS) is 11.1. The summed E-state index contributed by atoms with van der Waals surface area (Å²) < 4.78 is 116. The van der Waals surface area contributed by atoms with Gasteiger partial charge in [-0.3, -0.25) is 0 Å². The molecule has 0 aliphatic carbocycles. The van der Waals surface area contributed by atoms with E-state index in [-0.39, 0.29) is 32.0 Å². The number of carbonyl (C=O) groups excluding carboxylic acids is 6. The highest BCUT2D eigenvalue weighted by molar-refractivity contribution is 5.91. The molecule has 0 aromatic heterocycles. The SMILES string of the molecule is C=C(C)C(=O)OCCCCCCOC(=O)c1cc(OCc2cc(OCCCCCCCCOc3ccc(/C=C/C(=O)OC)cc3OC)cc(OCCCCCCCCOc3ccc(/C=C/C(=O)OC)cc3OC)c2)cc(OCc2cc(OCCCCCCCCOc3ccc(/C=C/C(=O)OC)cc3OC)cc(OCCCCCCCCOc3ccc(/C=C/C(=O)OC)cc3OC)c2)c1. The van der Waals surface area contributed by atoms with Crippen LogP contribution in [0.2, 0.25) is 0 Å². The van der Waals surface area contributed by atoms with Gasteiger partial charge in [-0.05, 0) is 227 Å². The Hall–Kier alpha value is -12.7. The van der Waals surface area contributed by atoms with E-state index in [0.29, 0.717) is 152 Å². The number of esters is 6. The molecule has 722 valence electrons. The molecule has 0 bridgehead atoms. The first-order chi connectivity index (χ1) is 64.9. The molecule has 26 nitrogen and oxygen atoms in total. The first-order valence-corrected chi connectivity index (χ1v) is 46.4. The zero-order valence-corrected chi connectivity index (χ0v) is 79.3. The monoisotopic (exact) mass is 1840 g/mol. The minimum atomic E-state index is -0.547. The number of methoxy groups -OCH3 is 8. The molecule has 7 aromatic carbocycles. The maximum absolute atomic E-state index is 14.2. The molecule has 26 heteroatoms. The summed E-state index contributed by atoms with van der Waals surface area (Å²) in [4.78, 5) is 72.7. The predicted octanol–water partition coefficient (Wildman–Crippen LogP) is 22.7. The molecular formula is C107H138O26. The van der Waals surface area contributed by atoms with Crippen LogP contribution in [0, 0.1) is 0 Å². The van der Waals surface area contributed by atoms with Crippen molar-refractivity contribution in [2.75, 3.05) is 123 Å². The van der Waals surface area contributed by atoms with E-state index in [1.165, 1.54) is 52.7 Å². The van der Waals surface area contributed by atoms with Crippen molar-refractivity contribution in [2.24, 2.45) is 0 Å². The highest BCUT2D eigenvalue weighted by atomic mass is 16.6. The van der Waals surface area contributed by atoms with Crippen molar-refractivity contribution in [3.8, 4) is 80.5 Å². The first-order valence-electron chi connectivity index (χ1n) is 46.4. The maximum Gasteiger partial charge on any atom is 0.338 e. The first kappa shape index (κ1) is 107. The van der Waals surface area contributed by atoms with Crippen molar-refractivity contribution < 1.29 is 124 Å². The molecule has 0 saturated heterocycles. The molecule has 0 aliphatic heterocycles. The van der Waals surface area contributed by atoms with Crippen molar-refractivity contribution in [2.45, 2.75) is 200 Å². The molecule has 0 N–H and O–H groups in total. The molecule has 0 unspecified atom stereocenters. The van der Waals surface area contributed by atoms with Gasteiger partial charge in [-0.1, -0.05) is 134 Å². The summed E-state index contributed by atoms with van der Waals surface area (Å²) in [6, 6.07) is 38.8. The van der Waals surface area contributed by atoms with Crippen LogP contribution in [0.15, 0.2) is 164 Å². The molecule has 0 saturated carbocycles. The third kappa shape index (κ3) is 44.4. The molecule has 0 fully saturated rings. The largest absolute Gasteiger partial charge is 0.493 e. The van der Waals surface area contributed by atoms with Crippen LogP contribution in [0.5, 0.6) is 80.5 Å². The van der Waals surface area contributed by atoms with Crippen LogP contribution in [-0.2, 0) is 65.6 Å². The van der Waals surface area contributed by atoms with E-state index in [4.69, 9.17) is 94.7 Å². The zero-order valence-electron chi connectivity index (χ0n) is 79.3. The minimum absolute atomic E-state index is 0.0875. The topological polar surface area (TPSA) is 287 Å². The Morgan fingerprint density at radius 2 is 0.474 bits per heavy atom. The summed E-state index contributed by atoms with van der Waals surface area (Å²) in [5.41, 5.74) is 5.30. The molecule has 0 heterocycles. The zero-order chi connectivity index (χ0) is 95.1. The minimum Gasteiger partial charge on any atom is -0.493 e. The molecule has 7 aromatic rings. The van der Waals surface area contributed by atoms with Crippen LogP contribution in [0.1, 0.15) is 230 Å². The second-order valence-corrected chi connectivity index (χ2v) is 31.7. The molecule has 0 spiro atoms. The lowest BCUT2D eigenvalue weighted by atomic mass is 10.1. The summed E-state index contributed by atoms with van der Waals surface area (Å²) in [5, 5.41) is 0. The van der Waals surface area contributed by atoms with Gasteiger partial charge in [-0.2, -0.15) is 0 Å². The Kier molecular flexibility index (Phi) is 52.4. The highest BCUT2D eigenvalue weighted by Gasteiger charge is 2.18. The number of hydrogen-bond acceptors (Lipinski definition) is 26. The third-order valence-electron chi connectivity index (χ3n) is 21.1. The van der Waals surface area contributed by atoms with Gasteiger partial charge in [0.2, 0.25) is 0 Å². The molecule has 0 radical (unpaired) electrons. The number of carbonyl (C=O) groups is 6. The summed E-state index contributed by atoms with van der Waals surface area (Å²) in [7, 11) is 11.7. The number of benzene rings is 7. The third-order valence-corrected chi connectivity index (χ3v) is 21.1. The van der Waals surface area contributed by atoms with Gasteiger partial charge in [0, 0.05) is 48.1 Å². The van der Waals surface area contributed by atoms with E-state index in [1.54, 1.807) is 77.9 Å². The van der Waals surface area contributed by atoms with Gasteiger partial charge in [-0.25, -0.2) is 28.8 Å². The summed E-state index contributed by atoms with van der Waals surface area (Å²) in [6.45, 7) is 10.00. The van der Waals surface area contributed by atoms with Crippen LogP contribution in [0.25, 0.3) is 24.3 Å². The van der Waals surface area contributed by atoms with E-state index < -0.39 is 35.8 Å². The van der Waals surface area contributed by atoms with E-state index in [9.17, 15) is 28.8 Å². The Morgan fingerprint density at radius 3 is 0.714 bits per heavy atom. The second kappa shape index (κ2) is 64.9. The van der Waals surface area contributed by atoms with Gasteiger partial charge in [0.25, 0.3) is 0 Å². The van der Waals surface area contributed by atoms with Crippen LogP contribution in [-0.4, -0.2) is 159 Å². The van der Waals surface area contributed by atoms with Crippen molar-refractivity contribution in [3.05, 3.63) is 203 Å². The Bertz CT molecular complexity index is 4270. The fraction of sp³-hybridized carbons (Fsp3) is 0.458. The van der Waals surface area contributed by atoms with Gasteiger partial charge in [0.1, 0.15) is 47.7 Å². The molecule has 0 atom stereocenters. The van der Waals surface area contributed by atoms with E-state index in [2.05, 4.69) is 6.58 Å². The number of ether oxygens (including phenoxy) is 20. The lowest BCUT2D eigenvalue weighted by Crippen LogP contribution is -2.08. The molecule has 0 amide bonds. The van der Waals surface area contributed by atoms with Gasteiger partial charge in [0.05, 0.1) is 129 Å². The van der Waals surface area contributed by atoms with E-state index >= 15 is 0 Å². The molecule has 7 rings (SSSR count). The number of unbranched alkanes of at least 4 members (excludes halogenated alkanes) is 23. The van der Waals surface area contributed by atoms with Gasteiger partial charge in [0.15, 0.2) is 46.0 Å². The fourth-order valence-electron chi connectivity index (χ4n) is 13.7. The number of hydrogen-bond donors (Lipinski definition) is 0. The summed E-state index contributed by atoms with van der Waals surface area (Å²) in [5.74, 6) is 5.45. The van der Waals surface area contributed by atoms with E-state index in [0.717, 1.165) is 200 Å². The molecule has 0 aliphatic rings. The standard InChI is InChI=1S/C107H138O26/c1-80(2)106(112)130-63-37-27-28-38-64-131-107(113)87-73-92(132-78-85-65-88(122-55-29-19-11-15-23-33-59-126-94-47-39-81(69-98(94)114-3)43-51-102(108)118-7)75-89(66-85)123-56-30-20-12-16-24-34-60-127-95-48-40-82(70-99(95)115-4)44-52-103(109)119-8)77-93(74-87)133-79-86-67-90(124-57-31-21-13-17-25-35-61-128-96-49-41-83(71-100(96)116-5)45-53-104(110)120-9)76-91(68-86)125-58-32-22-14-18-26-36-62-129-97-50-42-84(72-101(97)117-6)46-54-105(111)121-10/h39-54,65-77H,1,11-38,55-64,78-79H2,2-10H3/b51-43+,52-44+,53-45+,54-46+. The summed E-state index contributed by atoms with van der Waals surface area (Å²) in [6.07, 6.45) is 37.8. The maximum atomic E-state index is 14.2. The van der Waals surface area contributed by atoms with Crippen molar-refractivity contribution >= 4 is 60.1 Å². The van der Waals surface area contributed by atoms with Crippen LogP contribution in [0.4, 0.5) is 0 Å². The van der Waals surface area contributed by atoms with Gasteiger partial charge >= 0.3 is 35.8 Å². The predicted molar refractivity (Wildman–Crippen MR) is 513 cm³/mol. The second-order valence-electron chi connectivity index (χ2n) is 31.7. The van der Waals surface area contributed by atoms with Crippen LogP contribution >= 0.6 is 0 Å². The molecule has 133 heavy (non-hydrogen) atoms. The average Bonchev–Trinajstić information content (AvgIpc) is 0.869. The Morgan fingerprint density at radius 1 is 0.248 bits per heavy atom. The highest BCUT2D eigenvalue weighted by Crippen LogP contribution is 2.36. The Balaban J connectivity index is 0.999. The van der Waals surface area contributed by atoms with Crippen molar-refractivity contribution in [1.82, 2.24) is 0 Å². The van der Waals surface area contributed by atoms with Gasteiger partial charge < -0.3 is 94.7 Å². The van der Waals surface area contributed by atoms with Crippen molar-refractivity contribution in [3.63, 3.8) is 0 Å². The lowest BCUT2D eigenvalue weighted by molar-refractivity contribution is -0.139. The fourth-order valence-corrected chi connectivity index (χ4v) is 13.7. The smallest absolute Gasteiger partial charge is 0.338 e. The number of rotatable bonds is 71.